The van der Waals surface area contributed by atoms with Gasteiger partial charge in [0.05, 0.1) is 6.04 Å². The number of aliphatic carboxylic acids is 1. The SMILES string of the molecule is O=C(O)CN1C(=O)C[S+]([O-])C[C@H]1[C@H]1C=C(F)C=C(F)C1. The van der Waals surface area contributed by atoms with Crippen molar-refractivity contribution in [3.63, 3.8) is 0 Å². The van der Waals surface area contributed by atoms with Crippen molar-refractivity contribution in [2.24, 2.45) is 5.92 Å². The third kappa shape index (κ3) is 3.37. The second-order valence-electron chi connectivity index (χ2n) is 4.74. The lowest BCUT2D eigenvalue weighted by molar-refractivity contribution is -0.145. The fourth-order valence-corrected chi connectivity index (χ4v) is 3.81. The van der Waals surface area contributed by atoms with Crippen molar-refractivity contribution in [2.45, 2.75) is 12.5 Å². The highest BCUT2D eigenvalue weighted by molar-refractivity contribution is 7.92. The van der Waals surface area contributed by atoms with Gasteiger partial charge in [-0.05, 0) is 17.3 Å². The van der Waals surface area contributed by atoms with E-state index in [4.69, 9.17) is 5.11 Å². The molecule has 20 heavy (non-hydrogen) atoms. The van der Waals surface area contributed by atoms with Crippen LogP contribution in [0.25, 0.3) is 0 Å². The molecule has 5 nitrogen and oxygen atoms in total. The molecule has 3 atom stereocenters. The Balaban J connectivity index is 2.23. The molecule has 2 aliphatic rings. The van der Waals surface area contributed by atoms with E-state index in [1.165, 1.54) is 0 Å². The number of carboxylic acid groups (broad SMARTS) is 1. The molecular formula is C12H13F2NO4S. The van der Waals surface area contributed by atoms with Crippen LogP contribution >= 0.6 is 0 Å². The second kappa shape index (κ2) is 5.92. The maximum Gasteiger partial charge on any atom is 0.323 e. The van der Waals surface area contributed by atoms with Gasteiger partial charge in [-0.2, -0.15) is 0 Å². The van der Waals surface area contributed by atoms with Crippen molar-refractivity contribution in [2.75, 3.05) is 18.1 Å². The molecule has 0 bridgehead atoms. The molecule has 0 radical (unpaired) electrons. The van der Waals surface area contributed by atoms with Crippen LogP contribution in [0.1, 0.15) is 6.42 Å². The number of carboxylic acids is 1. The number of carbonyl (C=O) groups is 2. The fraction of sp³-hybridized carbons (Fsp3) is 0.500. The molecular weight excluding hydrogens is 292 g/mol. The van der Waals surface area contributed by atoms with Gasteiger partial charge >= 0.3 is 5.97 Å². The molecule has 1 saturated heterocycles. The molecule has 8 heteroatoms. The molecule has 1 heterocycles. The van der Waals surface area contributed by atoms with Crippen LogP contribution in [0.4, 0.5) is 8.78 Å². The molecule has 1 aliphatic carbocycles. The van der Waals surface area contributed by atoms with E-state index in [0.717, 1.165) is 17.1 Å². The van der Waals surface area contributed by atoms with E-state index in [1.807, 2.05) is 0 Å². The molecule has 0 aromatic carbocycles. The lowest BCUT2D eigenvalue weighted by atomic mass is 9.91. The van der Waals surface area contributed by atoms with E-state index >= 15 is 0 Å². The largest absolute Gasteiger partial charge is 0.616 e. The molecule has 1 unspecified atom stereocenters. The lowest BCUT2D eigenvalue weighted by Crippen LogP contribution is -2.56. The number of halogens is 2. The third-order valence-corrected chi connectivity index (χ3v) is 4.54. The number of carbonyl (C=O) groups excluding carboxylic acids is 1. The van der Waals surface area contributed by atoms with Crippen LogP contribution in [0, 0.1) is 5.92 Å². The van der Waals surface area contributed by atoms with Gasteiger partial charge in [0.15, 0.2) is 5.75 Å². The highest BCUT2D eigenvalue weighted by Gasteiger charge is 2.41. The summed E-state index contributed by atoms with van der Waals surface area (Å²) >= 11 is -1.44. The second-order valence-corrected chi connectivity index (χ2v) is 6.25. The van der Waals surface area contributed by atoms with Crippen molar-refractivity contribution >= 4 is 23.1 Å². The first-order chi connectivity index (χ1) is 9.36. The maximum atomic E-state index is 13.3. The monoisotopic (exact) mass is 305 g/mol. The summed E-state index contributed by atoms with van der Waals surface area (Å²) in [7, 11) is 0. The number of allylic oxidation sites excluding steroid dienone is 3. The van der Waals surface area contributed by atoms with E-state index in [1.54, 1.807) is 0 Å². The Hall–Kier alpha value is -1.41. The lowest BCUT2D eigenvalue weighted by Gasteiger charge is -2.38. The van der Waals surface area contributed by atoms with E-state index in [0.29, 0.717) is 0 Å². The molecule has 1 amide bonds. The van der Waals surface area contributed by atoms with Crippen molar-refractivity contribution in [3.05, 3.63) is 23.8 Å². The molecule has 0 aromatic rings. The van der Waals surface area contributed by atoms with Crippen molar-refractivity contribution in [3.8, 4) is 0 Å². The fourth-order valence-electron chi connectivity index (χ4n) is 2.44. The summed E-state index contributed by atoms with van der Waals surface area (Å²) < 4.78 is 38.2. The molecule has 0 saturated carbocycles. The normalized spacial score (nSPS) is 30.9. The van der Waals surface area contributed by atoms with Crippen LogP contribution in [0.5, 0.6) is 0 Å². The minimum Gasteiger partial charge on any atom is -0.616 e. The van der Waals surface area contributed by atoms with Gasteiger partial charge in [-0.25, -0.2) is 8.78 Å². The highest BCUT2D eigenvalue weighted by Crippen LogP contribution is 2.31. The molecule has 1 N–H and O–H groups in total. The van der Waals surface area contributed by atoms with Crippen LogP contribution in [0.15, 0.2) is 23.8 Å². The van der Waals surface area contributed by atoms with Gasteiger partial charge in [0, 0.05) is 18.4 Å². The predicted octanol–water partition coefficient (Wildman–Crippen LogP) is 0.757. The zero-order valence-electron chi connectivity index (χ0n) is 10.4. The van der Waals surface area contributed by atoms with Gasteiger partial charge in [-0.15, -0.1) is 0 Å². The molecule has 0 spiro atoms. The highest BCUT2D eigenvalue weighted by atomic mass is 32.2. The molecule has 0 aromatic heterocycles. The number of hydrogen-bond acceptors (Lipinski definition) is 3. The van der Waals surface area contributed by atoms with Gasteiger partial charge < -0.3 is 14.6 Å². The van der Waals surface area contributed by atoms with Gasteiger partial charge in [0.2, 0.25) is 0 Å². The van der Waals surface area contributed by atoms with Crippen molar-refractivity contribution in [1.29, 1.82) is 0 Å². The maximum absolute atomic E-state index is 13.3. The van der Waals surface area contributed by atoms with E-state index in [-0.39, 0.29) is 17.9 Å². The topological polar surface area (TPSA) is 80.7 Å². The summed E-state index contributed by atoms with van der Waals surface area (Å²) in [5.74, 6) is -4.14. The molecule has 110 valence electrons. The molecule has 1 aliphatic heterocycles. The quantitative estimate of drug-likeness (QED) is 0.781. The number of rotatable bonds is 3. The zero-order chi connectivity index (χ0) is 14.9. The molecule has 2 rings (SSSR count). The average molecular weight is 305 g/mol. The first-order valence-corrected chi connectivity index (χ1v) is 7.45. The van der Waals surface area contributed by atoms with Crippen molar-refractivity contribution < 1.29 is 28.0 Å². The van der Waals surface area contributed by atoms with E-state index < -0.39 is 53.2 Å². The van der Waals surface area contributed by atoms with Gasteiger partial charge in [-0.3, -0.25) is 9.59 Å². The first kappa shape index (κ1) is 15.0. The summed E-state index contributed by atoms with van der Waals surface area (Å²) in [6.07, 6.45) is 1.77. The molecule has 1 fully saturated rings. The first-order valence-electron chi connectivity index (χ1n) is 5.96. The average Bonchev–Trinajstić information content (AvgIpc) is 2.30. The summed E-state index contributed by atoms with van der Waals surface area (Å²) in [4.78, 5) is 23.7. The van der Waals surface area contributed by atoms with Crippen LogP contribution in [0.3, 0.4) is 0 Å². The summed E-state index contributed by atoms with van der Waals surface area (Å²) in [5.41, 5.74) is 0. The standard InChI is InChI=1S/C12H13F2NO4S/c13-8-1-7(2-9(14)3-8)10-5-20(19)6-11(16)15(10)4-12(17)18/h1,3,7,10H,2,4-6H2,(H,17,18)/t7-,10-,20?/m0/s1. The Kier molecular flexibility index (Phi) is 4.44. The summed E-state index contributed by atoms with van der Waals surface area (Å²) in [5, 5.41) is 8.82. The van der Waals surface area contributed by atoms with Gasteiger partial charge in [-0.1, -0.05) is 0 Å². The van der Waals surface area contributed by atoms with Gasteiger partial charge in [0.25, 0.3) is 5.91 Å². The Bertz CT molecular complexity index is 494. The van der Waals surface area contributed by atoms with Crippen LogP contribution in [0.2, 0.25) is 0 Å². The minimum atomic E-state index is -1.44. The van der Waals surface area contributed by atoms with Crippen molar-refractivity contribution in [1.82, 2.24) is 4.90 Å². The third-order valence-electron chi connectivity index (χ3n) is 3.26. The summed E-state index contributed by atoms with van der Waals surface area (Å²) in [6.45, 7) is -0.558. The smallest absolute Gasteiger partial charge is 0.323 e. The number of hydrogen-bond donors (Lipinski definition) is 1. The Morgan fingerprint density at radius 1 is 1.55 bits per heavy atom. The Morgan fingerprint density at radius 3 is 2.85 bits per heavy atom. The van der Waals surface area contributed by atoms with E-state index in [9.17, 15) is 22.9 Å². The number of nitrogens with zero attached hydrogens (tertiary/aromatic N) is 1. The Labute approximate surface area is 117 Å². The van der Waals surface area contributed by atoms with Crippen LogP contribution < -0.4 is 0 Å². The van der Waals surface area contributed by atoms with Crippen LogP contribution in [-0.4, -0.2) is 50.5 Å². The van der Waals surface area contributed by atoms with Gasteiger partial charge in [0.1, 0.15) is 24.0 Å². The number of amides is 1. The van der Waals surface area contributed by atoms with E-state index in [2.05, 4.69) is 0 Å². The zero-order valence-corrected chi connectivity index (χ0v) is 11.2. The predicted molar refractivity (Wildman–Crippen MR) is 67.5 cm³/mol. The van der Waals surface area contributed by atoms with Crippen LogP contribution in [-0.2, 0) is 20.8 Å². The Morgan fingerprint density at radius 2 is 2.25 bits per heavy atom. The summed E-state index contributed by atoms with van der Waals surface area (Å²) in [6, 6.07) is -0.765. The minimum absolute atomic E-state index is 0.0285.